The highest BCUT2D eigenvalue weighted by atomic mass is 32.2. The largest absolute Gasteiger partial charge is 0.493 e. The number of thioether (sulfide) groups is 1. The molecule has 1 aliphatic carbocycles. The summed E-state index contributed by atoms with van der Waals surface area (Å²) in [5, 5.41) is 11.8. The topological polar surface area (TPSA) is 78.3 Å². The summed E-state index contributed by atoms with van der Waals surface area (Å²) in [6.07, 6.45) is 2.35. The number of anilines is 1. The minimum atomic E-state index is -0.303. The monoisotopic (exact) mass is 362 g/mol. The zero-order valence-corrected chi connectivity index (χ0v) is 15.6. The molecular formula is C17H22N4O3S. The van der Waals surface area contributed by atoms with Crippen LogP contribution in [0.25, 0.3) is 0 Å². The van der Waals surface area contributed by atoms with E-state index in [1.54, 1.807) is 32.4 Å². The Labute approximate surface area is 151 Å². The number of hydrogen-bond acceptors (Lipinski definition) is 6. The molecule has 1 aromatic carbocycles. The number of rotatable bonds is 7. The van der Waals surface area contributed by atoms with Crippen molar-refractivity contribution in [1.82, 2.24) is 14.8 Å². The molecule has 1 amide bonds. The lowest BCUT2D eigenvalue weighted by atomic mass is 10.2. The summed E-state index contributed by atoms with van der Waals surface area (Å²) in [6, 6.07) is 5.28. The molecule has 1 atom stereocenters. The van der Waals surface area contributed by atoms with Gasteiger partial charge in [0.2, 0.25) is 5.91 Å². The fourth-order valence-electron chi connectivity index (χ4n) is 2.50. The molecule has 2 aromatic rings. The van der Waals surface area contributed by atoms with Gasteiger partial charge in [-0.15, -0.1) is 10.2 Å². The molecule has 0 aliphatic heterocycles. The van der Waals surface area contributed by atoms with Gasteiger partial charge in [0.05, 0.1) is 19.5 Å². The second-order valence-electron chi connectivity index (χ2n) is 5.99. The summed E-state index contributed by atoms with van der Waals surface area (Å²) in [7, 11) is 5.09. The third-order valence-corrected chi connectivity index (χ3v) is 5.25. The van der Waals surface area contributed by atoms with E-state index in [-0.39, 0.29) is 11.2 Å². The number of aromatic nitrogens is 3. The molecule has 134 valence electrons. The van der Waals surface area contributed by atoms with Crippen LogP contribution in [0.3, 0.4) is 0 Å². The van der Waals surface area contributed by atoms with Crippen LogP contribution in [0, 0.1) is 0 Å². The average molecular weight is 362 g/mol. The first kappa shape index (κ1) is 17.6. The molecule has 7 nitrogen and oxygen atoms in total. The number of carbonyl (C=O) groups is 1. The molecule has 1 fully saturated rings. The van der Waals surface area contributed by atoms with Crippen LogP contribution in [-0.2, 0) is 11.8 Å². The minimum Gasteiger partial charge on any atom is -0.493 e. The average Bonchev–Trinajstić information content (AvgIpc) is 3.39. The van der Waals surface area contributed by atoms with Crippen molar-refractivity contribution in [1.29, 1.82) is 0 Å². The molecule has 8 heteroatoms. The van der Waals surface area contributed by atoms with E-state index < -0.39 is 0 Å². The summed E-state index contributed by atoms with van der Waals surface area (Å²) in [5.74, 6) is 2.63. The molecule has 25 heavy (non-hydrogen) atoms. The lowest BCUT2D eigenvalue weighted by Gasteiger charge is -2.13. The van der Waals surface area contributed by atoms with Crippen LogP contribution in [0.5, 0.6) is 11.5 Å². The van der Waals surface area contributed by atoms with Gasteiger partial charge >= 0.3 is 0 Å². The van der Waals surface area contributed by atoms with Gasteiger partial charge in [-0.25, -0.2) is 0 Å². The number of ether oxygens (including phenoxy) is 2. The van der Waals surface area contributed by atoms with Crippen molar-refractivity contribution in [2.75, 3.05) is 19.5 Å². The molecule has 1 aliphatic rings. The fourth-order valence-corrected chi connectivity index (χ4v) is 3.32. The maximum Gasteiger partial charge on any atom is 0.237 e. The number of methoxy groups -OCH3 is 2. The highest BCUT2D eigenvalue weighted by Gasteiger charge is 2.30. The quantitative estimate of drug-likeness (QED) is 0.763. The molecule has 0 bridgehead atoms. The van der Waals surface area contributed by atoms with Crippen LogP contribution in [0.15, 0.2) is 23.4 Å². The van der Waals surface area contributed by atoms with Gasteiger partial charge in [-0.2, -0.15) is 0 Å². The van der Waals surface area contributed by atoms with Gasteiger partial charge in [0.15, 0.2) is 16.7 Å². The Hall–Kier alpha value is -2.22. The van der Waals surface area contributed by atoms with Crippen molar-refractivity contribution in [3.05, 3.63) is 24.0 Å². The van der Waals surface area contributed by atoms with E-state index >= 15 is 0 Å². The standard InChI is InChI=1S/C17H22N4O3S/c1-10(25-17-20-19-15(21(17)2)11-5-6-11)16(22)18-12-7-8-13(23-3)14(9-12)24-4/h7-11H,5-6H2,1-4H3,(H,18,22)/t10-/m1/s1. The van der Waals surface area contributed by atoms with E-state index in [0.29, 0.717) is 23.1 Å². The molecule has 1 N–H and O–H groups in total. The van der Waals surface area contributed by atoms with E-state index in [2.05, 4.69) is 15.5 Å². The second-order valence-corrected chi connectivity index (χ2v) is 7.30. The second kappa shape index (κ2) is 7.35. The van der Waals surface area contributed by atoms with Gasteiger partial charge in [0.25, 0.3) is 0 Å². The Bertz CT molecular complexity index is 773. The highest BCUT2D eigenvalue weighted by molar-refractivity contribution is 8.00. The van der Waals surface area contributed by atoms with Gasteiger partial charge in [-0.3, -0.25) is 4.79 Å². The van der Waals surface area contributed by atoms with Gasteiger partial charge in [-0.05, 0) is 31.9 Å². The van der Waals surface area contributed by atoms with Crippen molar-refractivity contribution in [2.24, 2.45) is 7.05 Å². The third-order valence-electron chi connectivity index (χ3n) is 4.11. The van der Waals surface area contributed by atoms with Crippen molar-refractivity contribution in [3.8, 4) is 11.5 Å². The van der Waals surface area contributed by atoms with Gasteiger partial charge in [0.1, 0.15) is 5.82 Å². The molecule has 0 saturated heterocycles. The molecule has 0 unspecified atom stereocenters. The molecular weight excluding hydrogens is 340 g/mol. The lowest BCUT2D eigenvalue weighted by Crippen LogP contribution is -2.22. The number of hydrogen-bond donors (Lipinski definition) is 1. The van der Waals surface area contributed by atoms with E-state index in [0.717, 1.165) is 11.0 Å². The predicted octanol–water partition coefficient (Wildman–Crippen LogP) is 2.83. The summed E-state index contributed by atoms with van der Waals surface area (Å²) in [5.41, 5.74) is 0.659. The Kier molecular flexibility index (Phi) is 5.17. The number of nitrogens with zero attached hydrogens (tertiary/aromatic N) is 3. The maximum atomic E-state index is 12.5. The Morgan fingerprint density at radius 1 is 1.28 bits per heavy atom. The molecule has 0 spiro atoms. The van der Waals surface area contributed by atoms with Gasteiger partial charge < -0.3 is 19.4 Å². The maximum absolute atomic E-state index is 12.5. The van der Waals surface area contributed by atoms with E-state index in [9.17, 15) is 4.79 Å². The van der Waals surface area contributed by atoms with Crippen LogP contribution in [0.1, 0.15) is 31.5 Å². The van der Waals surface area contributed by atoms with Crippen molar-refractivity contribution in [2.45, 2.75) is 36.1 Å². The Morgan fingerprint density at radius 3 is 2.64 bits per heavy atom. The molecule has 1 saturated carbocycles. The summed E-state index contributed by atoms with van der Waals surface area (Å²) >= 11 is 1.40. The third kappa shape index (κ3) is 3.89. The van der Waals surface area contributed by atoms with Crippen molar-refractivity contribution < 1.29 is 14.3 Å². The first-order valence-corrected chi connectivity index (χ1v) is 9.00. The zero-order chi connectivity index (χ0) is 18.0. The fraction of sp³-hybridized carbons (Fsp3) is 0.471. The summed E-state index contributed by atoms with van der Waals surface area (Å²) in [6.45, 7) is 1.85. The van der Waals surface area contributed by atoms with Crippen LogP contribution < -0.4 is 14.8 Å². The van der Waals surface area contributed by atoms with E-state index in [1.165, 1.54) is 24.6 Å². The predicted molar refractivity (Wildman–Crippen MR) is 96.5 cm³/mol. The van der Waals surface area contributed by atoms with Crippen LogP contribution in [-0.4, -0.2) is 40.1 Å². The number of carbonyl (C=O) groups excluding carboxylic acids is 1. The number of nitrogens with one attached hydrogen (secondary N) is 1. The summed E-state index contributed by atoms with van der Waals surface area (Å²) in [4.78, 5) is 12.5. The first-order chi connectivity index (χ1) is 12.0. The number of benzene rings is 1. The van der Waals surface area contributed by atoms with Crippen LogP contribution in [0.2, 0.25) is 0 Å². The first-order valence-electron chi connectivity index (χ1n) is 8.12. The highest BCUT2D eigenvalue weighted by Crippen LogP contribution is 2.39. The molecule has 1 aromatic heterocycles. The van der Waals surface area contributed by atoms with E-state index in [1.807, 2.05) is 18.5 Å². The van der Waals surface area contributed by atoms with E-state index in [4.69, 9.17) is 9.47 Å². The van der Waals surface area contributed by atoms with Crippen molar-refractivity contribution in [3.63, 3.8) is 0 Å². The van der Waals surface area contributed by atoms with Crippen molar-refractivity contribution >= 4 is 23.4 Å². The number of amides is 1. The smallest absolute Gasteiger partial charge is 0.237 e. The normalized spacial score (nSPS) is 14.9. The Balaban J connectivity index is 1.64. The molecule has 0 radical (unpaired) electrons. The van der Waals surface area contributed by atoms with Crippen LogP contribution >= 0.6 is 11.8 Å². The molecule has 1 heterocycles. The Morgan fingerprint density at radius 2 is 2.00 bits per heavy atom. The van der Waals surface area contributed by atoms with Gasteiger partial charge in [0, 0.05) is 24.7 Å². The molecule has 3 rings (SSSR count). The minimum absolute atomic E-state index is 0.104. The van der Waals surface area contributed by atoms with Crippen LogP contribution in [0.4, 0.5) is 5.69 Å². The summed E-state index contributed by atoms with van der Waals surface area (Å²) < 4.78 is 12.4. The lowest BCUT2D eigenvalue weighted by molar-refractivity contribution is -0.115. The SMILES string of the molecule is COc1ccc(NC(=O)[C@@H](C)Sc2nnc(C3CC3)n2C)cc1OC. The van der Waals surface area contributed by atoms with Gasteiger partial charge in [-0.1, -0.05) is 11.8 Å². The zero-order valence-electron chi connectivity index (χ0n) is 14.8.